The van der Waals surface area contributed by atoms with Gasteiger partial charge in [0.1, 0.15) is 0 Å². The van der Waals surface area contributed by atoms with Gasteiger partial charge >= 0.3 is 5.97 Å². The van der Waals surface area contributed by atoms with Crippen molar-refractivity contribution in [3.05, 3.63) is 12.7 Å². The number of hydrogen-bond donors (Lipinski definition) is 2. The van der Waals surface area contributed by atoms with Gasteiger partial charge in [-0.3, -0.25) is 4.79 Å². The van der Waals surface area contributed by atoms with Gasteiger partial charge in [0.15, 0.2) is 6.04 Å². The maximum absolute atomic E-state index is 11.3. The van der Waals surface area contributed by atoms with Crippen molar-refractivity contribution in [1.29, 1.82) is 0 Å². The number of aliphatic carboxylic acids is 1. The lowest BCUT2D eigenvalue weighted by molar-refractivity contribution is -0.143. The topological polar surface area (TPSA) is 84.9 Å². The largest absolute Gasteiger partial charge is 0.480 e. The van der Waals surface area contributed by atoms with Crippen molar-refractivity contribution in [2.75, 3.05) is 26.4 Å². The van der Waals surface area contributed by atoms with E-state index in [1.54, 1.807) is 0 Å². The van der Waals surface area contributed by atoms with Crippen LogP contribution in [0, 0.1) is 0 Å². The Bertz CT molecular complexity index is 254. The Balaban J connectivity index is 3.93. The SMILES string of the molecule is C=CCOCC(NC(=O)CCOCC)C(=O)O. The average molecular weight is 245 g/mol. The fraction of sp³-hybridized carbons (Fsp3) is 0.636. The molecule has 1 amide bonds. The van der Waals surface area contributed by atoms with Crippen molar-refractivity contribution in [3.8, 4) is 0 Å². The molecule has 6 nitrogen and oxygen atoms in total. The molecule has 98 valence electrons. The van der Waals surface area contributed by atoms with Gasteiger partial charge in [-0.25, -0.2) is 4.79 Å². The Labute approximate surface area is 101 Å². The molecule has 0 spiro atoms. The van der Waals surface area contributed by atoms with Gasteiger partial charge in [-0.05, 0) is 6.92 Å². The molecule has 2 N–H and O–H groups in total. The number of carboxylic acids is 1. The highest BCUT2D eigenvalue weighted by molar-refractivity contribution is 5.83. The van der Waals surface area contributed by atoms with Gasteiger partial charge < -0.3 is 19.9 Å². The van der Waals surface area contributed by atoms with Crippen LogP contribution in [0.5, 0.6) is 0 Å². The summed E-state index contributed by atoms with van der Waals surface area (Å²) < 4.78 is 9.98. The summed E-state index contributed by atoms with van der Waals surface area (Å²) in [5.74, 6) is -1.49. The van der Waals surface area contributed by atoms with Crippen molar-refractivity contribution in [2.24, 2.45) is 0 Å². The molecule has 0 rings (SSSR count). The highest BCUT2D eigenvalue weighted by atomic mass is 16.5. The van der Waals surface area contributed by atoms with Gasteiger partial charge in [0, 0.05) is 13.0 Å². The van der Waals surface area contributed by atoms with E-state index >= 15 is 0 Å². The number of ether oxygens (including phenoxy) is 2. The first-order valence-corrected chi connectivity index (χ1v) is 5.40. The zero-order valence-corrected chi connectivity index (χ0v) is 9.98. The molecule has 0 radical (unpaired) electrons. The molecule has 1 unspecified atom stereocenters. The normalized spacial score (nSPS) is 11.8. The summed E-state index contributed by atoms with van der Waals surface area (Å²) in [4.78, 5) is 22.1. The summed E-state index contributed by atoms with van der Waals surface area (Å²) in [5.41, 5.74) is 0. The van der Waals surface area contributed by atoms with Crippen LogP contribution in [-0.4, -0.2) is 49.5 Å². The Morgan fingerprint density at radius 3 is 2.71 bits per heavy atom. The Kier molecular flexibility index (Phi) is 8.99. The zero-order chi connectivity index (χ0) is 13.1. The van der Waals surface area contributed by atoms with E-state index in [1.165, 1.54) is 6.08 Å². The Morgan fingerprint density at radius 2 is 2.18 bits per heavy atom. The van der Waals surface area contributed by atoms with Crippen LogP contribution in [0.25, 0.3) is 0 Å². The van der Waals surface area contributed by atoms with Gasteiger partial charge in [0.05, 0.1) is 19.8 Å². The first-order chi connectivity index (χ1) is 8.11. The minimum Gasteiger partial charge on any atom is -0.480 e. The highest BCUT2D eigenvalue weighted by Crippen LogP contribution is 1.91. The number of carboxylic acid groups (broad SMARTS) is 1. The van der Waals surface area contributed by atoms with Crippen LogP contribution >= 0.6 is 0 Å². The van der Waals surface area contributed by atoms with E-state index in [1.807, 2.05) is 6.92 Å². The minimum absolute atomic E-state index is 0.0816. The summed E-state index contributed by atoms with van der Waals surface area (Å²) in [6.45, 7) is 6.23. The molecule has 0 fully saturated rings. The molecule has 0 bridgehead atoms. The van der Waals surface area contributed by atoms with Crippen LogP contribution in [0.2, 0.25) is 0 Å². The summed E-state index contributed by atoms with van der Waals surface area (Å²) in [7, 11) is 0. The van der Waals surface area contributed by atoms with E-state index in [4.69, 9.17) is 14.6 Å². The van der Waals surface area contributed by atoms with Crippen LogP contribution < -0.4 is 5.32 Å². The lowest BCUT2D eigenvalue weighted by atomic mass is 10.3. The lowest BCUT2D eigenvalue weighted by Gasteiger charge is -2.14. The molecule has 1 atom stereocenters. The van der Waals surface area contributed by atoms with E-state index in [0.29, 0.717) is 6.61 Å². The molecule has 0 aromatic rings. The third kappa shape index (κ3) is 8.41. The molecule has 0 aromatic heterocycles. The van der Waals surface area contributed by atoms with E-state index in [2.05, 4.69) is 11.9 Å². The first kappa shape index (κ1) is 15.6. The Morgan fingerprint density at radius 1 is 1.47 bits per heavy atom. The van der Waals surface area contributed by atoms with E-state index in [9.17, 15) is 9.59 Å². The number of carbonyl (C=O) groups is 2. The van der Waals surface area contributed by atoms with Gasteiger partial charge in [-0.2, -0.15) is 0 Å². The maximum atomic E-state index is 11.3. The fourth-order valence-electron chi connectivity index (χ4n) is 1.02. The maximum Gasteiger partial charge on any atom is 0.328 e. The minimum atomic E-state index is -1.13. The van der Waals surface area contributed by atoms with Gasteiger partial charge in [0.2, 0.25) is 5.91 Å². The number of rotatable bonds is 10. The first-order valence-electron chi connectivity index (χ1n) is 5.40. The van der Waals surface area contributed by atoms with E-state index in [-0.39, 0.29) is 32.1 Å². The quantitative estimate of drug-likeness (QED) is 0.424. The monoisotopic (exact) mass is 245 g/mol. The molecular weight excluding hydrogens is 226 g/mol. The summed E-state index contributed by atoms with van der Waals surface area (Å²) >= 11 is 0. The van der Waals surface area contributed by atoms with Crippen molar-refractivity contribution in [1.82, 2.24) is 5.32 Å². The summed E-state index contributed by atoms with van der Waals surface area (Å²) in [5, 5.41) is 11.2. The zero-order valence-electron chi connectivity index (χ0n) is 9.98. The average Bonchev–Trinajstić information content (AvgIpc) is 2.28. The molecule has 17 heavy (non-hydrogen) atoms. The molecular formula is C11H19NO5. The van der Waals surface area contributed by atoms with Crippen LogP contribution in [0.4, 0.5) is 0 Å². The third-order valence-electron chi connectivity index (χ3n) is 1.83. The van der Waals surface area contributed by atoms with Crippen LogP contribution in [0.3, 0.4) is 0 Å². The van der Waals surface area contributed by atoms with E-state index < -0.39 is 12.0 Å². The molecule has 0 saturated carbocycles. The molecule has 0 aliphatic carbocycles. The molecule has 0 aliphatic rings. The van der Waals surface area contributed by atoms with Gasteiger partial charge in [-0.15, -0.1) is 6.58 Å². The fourth-order valence-corrected chi connectivity index (χ4v) is 1.02. The molecule has 0 heterocycles. The standard InChI is InChI=1S/C11H19NO5/c1-3-6-17-8-9(11(14)15)12-10(13)5-7-16-4-2/h3,9H,1,4-8H2,2H3,(H,12,13)(H,14,15). The van der Waals surface area contributed by atoms with Gasteiger partial charge in [0.25, 0.3) is 0 Å². The van der Waals surface area contributed by atoms with E-state index in [0.717, 1.165) is 0 Å². The second kappa shape index (κ2) is 9.80. The summed E-state index contributed by atoms with van der Waals surface area (Å²) in [6, 6.07) is -1.04. The van der Waals surface area contributed by atoms with Crippen molar-refractivity contribution < 1.29 is 24.2 Å². The second-order valence-electron chi connectivity index (χ2n) is 3.23. The van der Waals surface area contributed by atoms with Gasteiger partial charge in [-0.1, -0.05) is 6.08 Å². The number of carbonyl (C=O) groups excluding carboxylic acids is 1. The molecule has 0 aliphatic heterocycles. The number of amides is 1. The predicted molar refractivity (Wildman–Crippen MR) is 61.7 cm³/mol. The highest BCUT2D eigenvalue weighted by Gasteiger charge is 2.19. The molecule has 0 aromatic carbocycles. The lowest BCUT2D eigenvalue weighted by Crippen LogP contribution is -2.44. The smallest absolute Gasteiger partial charge is 0.328 e. The van der Waals surface area contributed by atoms with Crippen LogP contribution in [0.15, 0.2) is 12.7 Å². The van der Waals surface area contributed by atoms with Crippen LogP contribution in [-0.2, 0) is 19.1 Å². The van der Waals surface area contributed by atoms with Crippen LogP contribution in [0.1, 0.15) is 13.3 Å². The van der Waals surface area contributed by atoms with Crippen molar-refractivity contribution in [2.45, 2.75) is 19.4 Å². The summed E-state index contributed by atoms with van der Waals surface area (Å²) in [6.07, 6.45) is 1.65. The molecule has 0 saturated heterocycles. The third-order valence-corrected chi connectivity index (χ3v) is 1.83. The second-order valence-corrected chi connectivity index (χ2v) is 3.23. The van der Waals surface area contributed by atoms with Crippen molar-refractivity contribution in [3.63, 3.8) is 0 Å². The van der Waals surface area contributed by atoms with Crippen molar-refractivity contribution >= 4 is 11.9 Å². The number of hydrogen-bond acceptors (Lipinski definition) is 4. The molecule has 6 heteroatoms. The number of nitrogens with one attached hydrogen (secondary N) is 1. The Hall–Kier alpha value is -1.40. The predicted octanol–water partition coefficient (Wildman–Crippen LogP) is 0.185.